The number of fused-ring (bicyclic) bond motifs is 1. The lowest BCUT2D eigenvalue weighted by Crippen LogP contribution is -2.33. The van der Waals surface area contributed by atoms with E-state index in [0.29, 0.717) is 42.5 Å². The standard InChI is InChI=1S/C26H31NO7/c1-15-11-17-13-18(16-7-8-19(28)20(29)14-16)24(23(31)22(17)21(30)12-15)33-10-6-5-9-27-25(32)34-26(2,3)4/h7-8,11-12,14,28-30H,5-6,9-10,13H2,1-4H3,(H,27,32). The van der Waals surface area contributed by atoms with Gasteiger partial charge in [0, 0.05) is 18.5 Å². The van der Waals surface area contributed by atoms with Gasteiger partial charge < -0.3 is 30.1 Å². The van der Waals surface area contributed by atoms with Crippen LogP contribution < -0.4 is 5.32 Å². The highest BCUT2D eigenvalue weighted by Crippen LogP contribution is 2.39. The van der Waals surface area contributed by atoms with Gasteiger partial charge in [0.1, 0.15) is 11.4 Å². The summed E-state index contributed by atoms with van der Waals surface area (Å²) in [6, 6.07) is 7.71. The van der Waals surface area contributed by atoms with E-state index in [4.69, 9.17) is 9.47 Å². The van der Waals surface area contributed by atoms with Gasteiger partial charge in [-0.25, -0.2) is 4.79 Å². The van der Waals surface area contributed by atoms with Gasteiger partial charge in [-0.15, -0.1) is 0 Å². The van der Waals surface area contributed by atoms with Crippen molar-refractivity contribution in [3.05, 3.63) is 58.3 Å². The first-order valence-electron chi connectivity index (χ1n) is 11.2. The monoisotopic (exact) mass is 469 g/mol. The second-order valence-electron chi connectivity index (χ2n) is 9.32. The summed E-state index contributed by atoms with van der Waals surface area (Å²) in [6.07, 6.45) is 0.996. The zero-order valence-electron chi connectivity index (χ0n) is 19.9. The number of amides is 1. The number of aryl methyl sites for hydroxylation is 1. The second-order valence-corrected chi connectivity index (χ2v) is 9.32. The van der Waals surface area contributed by atoms with Crippen LogP contribution in [0.25, 0.3) is 5.57 Å². The number of hydrogen-bond donors (Lipinski definition) is 4. The molecule has 8 nitrogen and oxygen atoms in total. The minimum absolute atomic E-state index is 0.0943. The van der Waals surface area contributed by atoms with Crippen LogP contribution in [0.1, 0.15) is 60.7 Å². The van der Waals surface area contributed by atoms with Gasteiger partial charge in [-0.3, -0.25) is 4.79 Å². The van der Waals surface area contributed by atoms with Crippen molar-refractivity contribution in [1.82, 2.24) is 5.32 Å². The number of unbranched alkanes of at least 4 members (excludes halogenated alkanes) is 1. The van der Waals surface area contributed by atoms with Crippen LogP contribution in [0.2, 0.25) is 0 Å². The Hall–Kier alpha value is -3.68. The van der Waals surface area contributed by atoms with Crippen molar-refractivity contribution in [1.29, 1.82) is 0 Å². The molecule has 0 atom stereocenters. The first kappa shape index (κ1) is 25.0. The van der Waals surface area contributed by atoms with Crippen molar-refractivity contribution in [2.45, 2.75) is 52.6 Å². The van der Waals surface area contributed by atoms with E-state index in [0.717, 1.165) is 5.56 Å². The van der Waals surface area contributed by atoms with Crippen LogP contribution in [0.15, 0.2) is 36.1 Å². The number of alkyl carbamates (subject to hydrolysis) is 1. The number of ether oxygens (including phenoxy) is 2. The smallest absolute Gasteiger partial charge is 0.407 e. The molecule has 2 aromatic carbocycles. The molecule has 1 aliphatic carbocycles. The average molecular weight is 470 g/mol. The van der Waals surface area contributed by atoms with E-state index in [-0.39, 0.29) is 35.2 Å². The fraction of sp³-hybridized carbons (Fsp3) is 0.385. The number of nitrogens with one attached hydrogen (secondary N) is 1. The zero-order valence-corrected chi connectivity index (χ0v) is 19.9. The van der Waals surface area contributed by atoms with Gasteiger partial charge in [0.15, 0.2) is 17.3 Å². The zero-order chi connectivity index (χ0) is 25.0. The third kappa shape index (κ3) is 6.01. The number of phenolic OH excluding ortho intramolecular Hbond substituents is 3. The van der Waals surface area contributed by atoms with E-state index in [1.807, 2.05) is 13.0 Å². The van der Waals surface area contributed by atoms with Gasteiger partial charge >= 0.3 is 6.09 Å². The Morgan fingerprint density at radius 1 is 1.03 bits per heavy atom. The highest BCUT2D eigenvalue weighted by Gasteiger charge is 2.31. The Labute approximate surface area is 198 Å². The molecule has 0 fully saturated rings. The number of phenols is 3. The maximum atomic E-state index is 13.3. The molecule has 0 spiro atoms. The van der Waals surface area contributed by atoms with Crippen molar-refractivity contribution >= 4 is 17.4 Å². The quantitative estimate of drug-likeness (QED) is 0.345. The Balaban J connectivity index is 1.74. The van der Waals surface area contributed by atoms with Crippen LogP contribution in [0.3, 0.4) is 0 Å². The van der Waals surface area contributed by atoms with Gasteiger partial charge in [0.2, 0.25) is 5.78 Å². The molecule has 1 amide bonds. The molecule has 0 saturated heterocycles. The second kappa shape index (κ2) is 10.1. The summed E-state index contributed by atoms with van der Waals surface area (Å²) in [4.78, 5) is 25.0. The largest absolute Gasteiger partial charge is 0.507 e. The molecule has 1 aliphatic rings. The maximum Gasteiger partial charge on any atom is 0.407 e. The van der Waals surface area contributed by atoms with Gasteiger partial charge in [0.25, 0.3) is 0 Å². The van der Waals surface area contributed by atoms with Crippen LogP contribution in [-0.4, -0.2) is 45.9 Å². The number of ketones is 1. The Morgan fingerprint density at radius 2 is 1.76 bits per heavy atom. The van der Waals surface area contributed by atoms with E-state index in [1.165, 1.54) is 18.2 Å². The van der Waals surface area contributed by atoms with Gasteiger partial charge in [0.05, 0.1) is 12.2 Å². The number of aromatic hydroxyl groups is 3. The molecule has 8 heteroatoms. The van der Waals surface area contributed by atoms with Gasteiger partial charge in [-0.2, -0.15) is 0 Å². The van der Waals surface area contributed by atoms with Crippen LogP contribution >= 0.6 is 0 Å². The van der Waals surface area contributed by atoms with E-state index in [1.54, 1.807) is 26.8 Å². The normalized spacial score (nSPS) is 13.5. The molecule has 2 aromatic rings. The van der Waals surface area contributed by atoms with E-state index in [9.17, 15) is 24.9 Å². The van der Waals surface area contributed by atoms with Gasteiger partial charge in [-0.1, -0.05) is 12.1 Å². The Morgan fingerprint density at radius 3 is 2.44 bits per heavy atom. The molecule has 0 aromatic heterocycles. The summed E-state index contributed by atoms with van der Waals surface area (Å²) in [5.41, 5.74) is 2.22. The summed E-state index contributed by atoms with van der Waals surface area (Å²) in [5, 5.41) is 32.7. The van der Waals surface area contributed by atoms with Crippen molar-refractivity contribution in [3.63, 3.8) is 0 Å². The molecular formula is C26H31NO7. The first-order valence-corrected chi connectivity index (χ1v) is 11.2. The Bertz CT molecular complexity index is 1130. The molecule has 182 valence electrons. The number of benzene rings is 2. The van der Waals surface area contributed by atoms with Gasteiger partial charge in [-0.05, 0) is 75.4 Å². The molecule has 3 rings (SSSR count). The SMILES string of the molecule is Cc1cc(O)c2c(c1)CC(c1ccc(O)c(O)c1)=C(OCCCCNC(=O)OC(C)(C)C)C2=O. The molecule has 0 heterocycles. The molecule has 0 unspecified atom stereocenters. The molecule has 4 N–H and O–H groups in total. The minimum Gasteiger partial charge on any atom is -0.507 e. The third-order valence-electron chi connectivity index (χ3n) is 5.23. The summed E-state index contributed by atoms with van der Waals surface area (Å²) < 4.78 is 11.1. The number of Topliss-reactive ketones (excluding diaryl/α,β-unsaturated/α-hetero) is 1. The number of carbonyl (C=O) groups is 2. The average Bonchev–Trinajstić information content (AvgIpc) is 2.71. The molecule has 0 bridgehead atoms. The minimum atomic E-state index is -0.569. The number of carbonyl (C=O) groups excluding carboxylic acids is 2. The van der Waals surface area contributed by atoms with Crippen LogP contribution in [0.4, 0.5) is 4.79 Å². The fourth-order valence-corrected chi connectivity index (χ4v) is 3.77. The predicted molar refractivity (Wildman–Crippen MR) is 127 cm³/mol. The highest BCUT2D eigenvalue weighted by molar-refractivity contribution is 6.16. The molecule has 0 radical (unpaired) electrons. The molecule has 0 aliphatic heterocycles. The number of hydrogen-bond acceptors (Lipinski definition) is 7. The van der Waals surface area contributed by atoms with Crippen molar-refractivity contribution < 1.29 is 34.4 Å². The molecule has 0 saturated carbocycles. The highest BCUT2D eigenvalue weighted by atomic mass is 16.6. The van der Waals surface area contributed by atoms with Crippen molar-refractivity contribution in [2.24, 2.45) is 0 Å². The van der Waals surface area contributed by atoms with E-state index < -0.39 is 17.5 Å². The van der Waals surface area contributed by atoms with Crippen LogP contribution in [0.5, 0.6) is 17.2 Å². The Kier molecular flexibility index (Phi) is 7.39. The molecular weight excluding hydrogens is 438 g/mol. The topological polar surface area (TPSA) is 125 Å². The lowest BCUT2D eigenvalue weighted by molar-refractivity contribution is 0.0526. The van der Waals surface area contributed by atoms with Crippen molar-refractivity contribution in [2.75, 3.05) is 13.2 Å². The number of allylic oxidation sites excluding steroid dienone is 2. The number of rotatable bonds is 7. The maximum absolute atomic E-state index is 13.3. The lowest BCUT2D eigenvalue weighted by Gasteiger charge is -2.24. The lowest BCUT2D eigenvalue weighted by atomic mass is 9.84. The van der Waals surface area contributed by atoms with Crippen LogP contribution in [-0.2, 0) is 15.9 Å². The predicted octanol–water partition coefficient (Wildman–Crippen LogP) is 4.58. The summed E-state index contributed by atoms with van der Waals surface area (Å²) in [7, 11) is 0. The summed E-state index contributed by atoms with van der Waals surface area (Å²) in [6.45, 7) is 7.81. The first-order chi connectivity index (χ1) is 16.0. The summed E-state index contributed by atoms with van der Waals surface area (Å²) in [5.74, 6) is -1.01. The van der Waals surface area contributed by atoms with E-state index in [2.05, 4.69) is 5.32 Å². The fourth-order valence-electron chi connectivity index (χ4n) is 3.77. The third-order valence-corrected chi connectivity index (χ3v) is 5.23. The molecule has 34 heavy (non-hydrogen) atoms. The van der Waals surface area contributed by atoms with Crippen molar-refractivity contribution in [3.8, 4) is 17.2 Å². The van der Waals surface area contributed by atoms with Crippen LogP contribution in [0, 0.1) is 6.92 Å². The summed E-state index contributed by atoms with van der Waals surface area (Å²) >= 11 is 0. The van der Waals surface area contributed by atoms with E-state index >= 15 is 0 Å².